The molecule has 0 aliphatic rings. The van der Waals surface area contributed by atoms with Gasteiger partial charge in [0.15, 0.2) is 5.96 Å². The van der Waals surface area contributed by atoms with Gasteiger partial charge in [0.05, 0.1) is 6.54 Å². The van der Waals surface area contributed by atoms with Gasteiger partial charge in [-0.2, -0.15) is 4.98 Å². The Labute approximate surface area is 198 Å². The molecule has 160 valence electrons. The second-order valence-electron chi connectivity index (χ2n) is 6.71. The molecule has 9 heteroatoms. The van der Waals surface area contributed by atoms with E-state index >= 15 is 0 Å². The predicted molar refractivity (Wildman–Crippen MR) is 129 cm³/mol. The maximum Gasteiger partial charge on any atom is 0.248 e. The van der Waals surface area contributed by atoms with Crippen molar-refractivity contribution >= 4 is 41.5 Å². The summed E-state index contributed by atoms with van der Waals surface area (Å²) in [5, 5.41) is 21.7. The van der Waals surface area contributed by atoms with E-state index in [0.717, 1.165) is 11.1 Å². The Balaban J connectivity index is 0.00000320. The number of guanidine groups is 1. The lowest BCUT2D eigenvalue weighted by atomic mass is 9.96. The van der Waals surface area contributed by atoms with E-state index in [4.69, 9.17) is 16.1 Å². The summed E-state index contributed by atoms with van der Waals surface area (Å²) >= 11 is 5.91. The number of hydrogen-bond donors (Lipinski definition) is 3. The SMILES string of the molecule is CCNC(=NCc1nc(-c2ccc(Cl)cc2)no1)NCC(C)(O)c1ccccc1.I. The molecule has 1 atom stereocenters. The summed E-state index contributed by atoms with van der Waals surface area (Å²) in [6.07, 6.45) is 0. The molecule has 0 spiro atoms. The molecule has 0 amide bonds. The fraction of sp³-hybridized carbons (Fsp3) is 0.286. The molecule has 30 heavy (non-hydrogen) atoms. The summed E-state index contributed by atoms with van der Waals surface area (Å²) < 4.78 is 5.29. The quantitative estimate of drug-likeness (QED) is 0.238. The lowest BCUT2D eigenvalue weighted by Crippen LogP contribution is -2.44. The van der Waals surface area contributed by atoms with E-state index < -0.39 is 5.60 Å². The molecule has 1 unspecified atom stereocenters. The van der Waals surface area contributed by atoms with E-state index in [1.54, 1.807) is 19.1 Å². The number of aromatic nitrogens is 2. The van der Waals surface area contributed by atoms with Crippen molar-refractivity contribution in [2.75, 3.05) is 13.1 Å². The van der Waals surface area contributed by atoms with Crippen LogP contribution < -0.4 is 10.6 Å². The molecule has 0 bridgehead atoms. The molecule has 1 heterocycles. The summed E-state index contributed by atoms with van der Waals surface area (Å²) in [5.41, 5.74) is 0.606. The van der Waals surface area contributed by atoms with E-state index in [2.05, 4.69) is 25.8 Å². The Bertz CT molecular complexity index is 946. The first-order valence-corrected chi connectivity index (χ1v) is 9.74. The van der Waals surface area contributed by atoms with Crippen LogP contribution in [0.1, 0.15) is 25.3 Å². The molecule has 0 radical (unpaired) electrons. The zero-order valence-corrected chi connectivity index (χ0v) is 19.9. The minimum atomic E-state index is -1.04. The molecule has 3 aromatic rings. The first-order valence-electron chi connectivity index (χ1n) is 9.36. The van der Waals surface area contributed by atoms with Crippen molar-refractivity contribution in [2.45, 2.75) is 26.0 Å². The molecule has 7 nitrogen and oxygen atoms in total. The molecule has 1 aromatic heterocycles. The lowest BCUT2D eigenvalue weighted by Gasteiger charge is -2.25. The van der Waals surface area contributed by atoms with Gasteiger partial charge in [0, 0.05) is 17.1 Å². The van der Waals surface area contributed by atoms with Gasteiger partial charge < -0.3 is 20.3 Å². The van der Waals surface area contributed by atoms with Crippen molar-refractivity contribution in [3.8, 4) is 11.4 Å². The number of nitrogens with one attached hydrogen (secondary N) is 2. The second-order valence-corrected chi connectivity index (χ2v) is 7.14. The molecule has 0 aliphatic heterocycles. The van der Waals surface area contributed by atoms with Crippen molar-refractivity contribution in [3.63, 3.8) is 0 Å². The fourth-order valence-corrected chi connectivity index (χ4v) is 2.80. The summed E-state index contributed by atoms with van der Waals surface area (Å²) in [6, 6.07) is 16.7. The van der Waals surface area contributed by atoms with Gasteiger partial charge in [-0.25, -0.2) is 4.99 Å². The Morgan fingerprint density at radius 1 is 1.13 bits per heavy atom. The average molecular weight is 542 g/mol. The van der Waals surface area contributed by atoms with Gasteiger partial charge in [-0.1, -0.05) is 47.1 Å². The standard InChI is InChI=1S/C21H24ClN5O2.HI/c1-3-23-20(25-14-21(2,28)16-7-5-4-6-8-16)24-13-18-26-19(27-29-18)15-9-11-17(22)12-10-15;/h4-12,28H,3,13-14H2,1-2H3,(H2,23,24,25);1H. The summed E-state index contributed by atoms with van der Waals surface area (Å²) in [4.78, 5) is 8.83. The number of aliphatic imine (C=N–C) groups is 1. The highest BCUT2D eigenvalue weighted by Crippen LogP contribution is 2.20. The Morgan fingerprint density at radius 2 is 1.83 bits per heavy atom. The van der Waals surface area contributed by atoms with E-state index in [1.165, 1.54) is 0 Å². The van der Waals surface area contributed by atoms with Crippen molar-refractivity contribution in [3.05, 3.63) is 71.1 Å². The van der Waals surface area contributed by atoms with Gasteiger partial charge >= 0.3 is 0 Å². The van der Waals surface area contributed by atoms with Crippen LogP contribution in [0.3, 0.4) is 0 Å². The van der Waals surface area contributed by atoms with Crippen molar-refractivity contribution in [2.24, 2.45) is 4.99 Å². The monoisotopic (exact) mass is 541 g/mol. The maximum atomic E-state index is 10.7. The lowest BCUT2D eigenvalue weighted by molar-refractivity contribution is 0.0617. The van der Waals surface area contributed by atoms with Crippen molar-refractivity contribution in [1.29, 1.82) is 0 Å². The van der Waals surface area contributed by atoms with Crippen molar-refractivity contribution < 1.29 is 9.63 Å². The molecule has 0 fully saturated rings. The number of rotatable bonds is 7. The highest BCUT2D eigenvalue weighted by atomic mass is 127. The predicted octanol–water partition coefficient (Wildman–Crippen LogP) is 3.97. The number of hydrogen-bond acceptors (Lipinski definition) is 5. The van der Waals surface area contributed by atoms with Gasteiger partial charge in [-0.3, -0.25) is 0 Å². The van der Waals surface area contributed by atoms with Gasteiger partial charge in [0.2, 0.25) is 11.7 Å². The van der Waals surface area contributed by atoms with Crippen LogP contribution in [0.5, 0.6) is 0 Å². The first-order chi connectivity index (χ1) is 14.0. The fourth-order valence-electron chi connectivity index (χ4n) is 2.68. The molecule has 0 aliphatic carbocycles. The van der Waals surface area contributed by atoms with Crippen LogP contribution in [-0.2, 0) is 12.1 Å². The minimum absolute atomic E-state index is 0. The zero-order valence-electron chi connectivity index (χ0n) is 16.8. The van der Waals surface area contributed by atoms with Gasteiger partial charge in [-0.05, 0) is 43.7 Å². The normalized spacial score (nSPS) is 13.3. The molecule has 0 saturated carbocycles. The highest BCUT2D eigenvalue weighted by Gasteiger charge is 2.23. The zero-order chi connectivity index (χ0) is 20.7. The highest BCUT2D eigenvalue weighted by molar-refractivity contribution is 14.0. The smallest absolute Gasteiger partial charge is 0.248 e. The third kappa shape index (κ3) is 6.68. The average Bonchev–Trinajstić information content (AvgIpc) is 3.20. The molecule has 0 saturated heterocycles. The number of aliphatic hydroxyl groups is 1. The first kappa shape index (κ1) is 24.1. The van der Waals surface area contributed by atoms with E-state index in [-0.39, 0.29) is 30.5 Å². The van der Waals surface area contributed by atoms with Gasteiger partial charge in [0.1, 0.15) is 12.1 Å². The van der Waals surface area contributed by atoms with Crippen LogP contribution in [0.25, 0.3) is 11.4 Å². The third-order valence-electron chi connectivity index (χ3n) is 4.28. The molecular formula is C21H25ClIN5O2. The van der Waals surface area contributed by atoms with Crippen LogP contribution in [-0.4, -0.2) is 34.3 Å². The minimum Gasteiger partial charge on any atom is -0.384 e. The summed E-state index contributed by atoms with van der Waals surface area (Å²) in [5.74, 6) is 1.42. The largest absolute Gasteiger partial charge is 0.384 e. The number of halogens is 2. The number of benzene rings is 2. The maximum absolute atomic E-state index is 10.7. The van der Waals surface area contributed by atoms with E-state index in [9.17, 15) is 5.11 Å². The molecular weight excluding hydrogens is 517 g/mol. The van der Waals surface area contributed by atoms with Crippen LogP contribution in [0.2, 0.25) is 5.02 Å². The Hall–Kier alpha value is -2.17. The summed E-state index contributed by atoms with van der Waals surface area (Å²) in [7, 11) is 0. The van der Waals surface area contributed by atoms with E-state index in [1.807, 2.05) is 49.4 Å². The molecule has 3 N–H and O–H groups in total. The van der Waals surface area contributed by atoms with Crippen LogP contribution in [0, 0.1) is 0 Å². The third-order valence-corrected chi connectivity index (χ3v) is 4.53. The van der Waals surface area contributed by atoms with Crippen molar-refractivity contribution in [1.82, 2.24) is 20.8 Å². The molecule has 3 rings (SSSR count). The van der Waals surface area contributed by atoms with Gasteiger partial charge in [0.25, 0.3) is 0 Å². The van der Waals surface area contributed by atoms with Crippen LogP contribution >= 0.6 is 35.6 Å². The number of nitrogens with zero attached hydrogens (tertiary/aromatic N) is 3. The van der Waals surface area contributed by atoms with Gasteiger partial charge in [-0.15, -0.1) is 24.0 Å². The molecule has 2 aromatic carbocycles. The van der Waals surface area contributed by atoms with E-state index in [0.29, 0.717) is 35.8 Å². The Kier molecular flexibility index (Phi) is 9.07. The topological polar surface area (TPSA) is 95.6 Å². The second kappa shape index (κ2) is 11.3. The Morgan fingerprint density at radius 3 is 2.50 bits per heavy atom. The van der Waals surface area contributed by atoms with Crippen LogP contribution in [0.15, 0.2) is 64.1 Å². The van der Waals surface area contributed by atoms with Crippen LogP contribution in [0.4, 0.5) is 0 Å². The summed E-state index contributed by atoms with van der Waals surface area (Å²) in [6.45, 7) is 4.92.